The molecule has 0 radical (unpaired) electrons. The zero-order chi connectivity index (χ0) is 12.7. The first-order valence-corrected chi connectivity index (χ1v) is 6.70. The fourth-order valence-electron chi connectivity index (χ4n) is 2.44. The SMILES string of the molecule is C=CCCCC(=O)OC(C)(C)C1CC[NH2+]CC1. The average Bonchev–Trinajstić information content (AvgIpc) is 2.30. The van der Waals surface area contributed by atoms with Crippen LogP contribution in [0.15, 0.2) is 12.7 Å². The average molecular weight is 240 g/mol. The van der Waals surface area contributed by atoms with Crippen molar-refractivity contribution in [1.82, 2.24) is 0 Å². The minimum Gasteiger partial charge on any atom is -0.459 e. The van der Waals surface area contributed by atoms with Crippen LogP contribution in [0.4, 0.5) is 0 Å². The van der Waals surface area contributed by atoms with E-state index in [1.807, 2.05) is 19.9 Å². The molecular weight excluding hydrogens is 214 g/mol. The molecule has 0 bridgehead atoms. The smallest absolute Gasteiger partial charge is 0.306 e. The van der Waals surface area contributed by atoms with E-state index in [0.29, 0.717) is 12.3 Å². The Kier molecular flexibility index (Phi) is 5.69. The summed E-state index contributed by atoms with van der Waals surface area (Å²) in [6.07, 6.45) is 6.37. The summed E-state index contributed by atoms with van der Waals surface area (Å²) >= 11 is 0. The molecule has 3 nitrogen and oxygen atoms in total. The van der Waals surface area contributed by atoms with Gasteiger partial charge in [0.1, 0.15) is 5.60 Å². The van der Waals surface area contributed by atoms with Gasteiger partial charge < -0.3 is 10.1 Å². The molecule has 0 atom stereocenters. The maximum Gasteiger partial charge on any atom is 0.306 e. The summed E-state index contributed by atoms with van der Waals surface area (Å²) in [6.45, 7) is 10.1. The van der Waals surface area contributed by atoms with Gasteiger partial charge in [-0.25, -0.2) is 0 Å². The molecule has 3 heteroatoms. The zero-order valence-electron chi connectivity index (χ0n) is 11.2. The summed E-state index contributed by atoms with van der Waals surface area (Å²) in [5.41, 5.74) is -0.306. The molecule has 0 aromatic carbocycles. The summed E-state index contributed by atoms with van der Waals surface area (Å²) in [4.78, 5) is 11.7. The molecule has 1 aliphatic heterocycles. The molecule has 0 aromatic heterocycles. The van der Waals surface area contributed by atoms with Crippen molar-refractivity contribution >= 4 is 5.97 Å². The van der Waals surface area contributed by atoms with Crippen molar-refractivity contribution in [1.29, 1.82) is 0 Å². The summed E-state index contributed by atoms with van der Waals surface area (Å²) < 4.78 is 5.64. The quantitative estimate of drug-likeness (QED) is 0.436. The summed E-state index contributed by atoms with van der Waals surface area (Å²) in [5, 5.41) is 2.33. The van der Waals surface area contributed by atoms with Crippen LogP contribution in [0, 0.1) is 5.92 Å². The molecule has 0 aliphatic carbocycles. The van der Waals surface area contributed by atoms with Crippen LogP contribution >= 0.6 is 0 Å². The van der Waals surface area contributed by atoms with Crippen LogP contribution < -0.4 is 5.32 Å². The first-order chi connectivity index (χ1) is 8.06. The minimum atomic E-state index is -0.306. The number of quaternary nitrogens is 1. The normalized spacial score (nSPS) is 17.8. The molecule has 2 N–H and O–H groups in total. The first-order valence-electron chi connectivity index (χ1n) is 6.70. The highest BCUT2D eigenvalue weighted by Gasteiger charge is 2.34. The highest BCUT2D eigenvalue weighted by atomic mass is 16.6. The molecule has 0 saturated carbocycles. The molecule has 0 spiro atoms. The Morgan fingerprint density at radius 1 is 1.47 bits per heavy atom. The fraction of sp³-hybridized carbons (Fsp3) is 0.786. The molecular formula is C14H26NO2+. The second kappa shape index (κ2) is 6.80. The lowest BCUT2D eigenvalue weighted by molar-refractivity contribution is -0.665. The summed E-state index contributed by atoms with van der Waals surface area (Å²) in [6, 6.07) is 0. The van der Waals surface area contributed by atoms with Crippen LogP contribution in [-0.4, -0.2) is 24.7 Å². The molecule has 98 valence electrons. The number of rotatable bonds is 6. The molecule has 0 unspecified atom stereocenters. The van der Waals surface area contributed by atoms with E-state index in [4.69, 9.17) is 4.74 Å². The van der Waals surface area contributed by atoms with Gasteiger partial charge in [0, 0.05) is 25.2 Å². The maximum absolute atomic E-state index is 11.7. The third kappa shape index (κ3) is 4.90. The van der Waals surface area contributed by atoms with Crippen LogP contribution in [-0.2, 0) is 9.53 Å². The van der Waals surface area contributed by atoms with Gasteiger partial charge in [-0.3, -0.25) is 4.79 Å². The van der Waals surface area contributed by atoms with Gasteiger partial charge in [0.05, 0.1) is 13.1 Å². The van der Waals surface area contributed by atoms with Crippen molar-refractivity contribution in [3.63, 3.8) is 0 Å². The first kappa shape index (κ1) is 14.2. The van der Waals surface area contributed by atoms with Crippen molar-refractivity contribution < 1.29 is 14.8 Å². The van der Waals surface area contributed by atoms with Crippen molar-refractivity contribution in [2.24, 2.45) is 5.92 Å². The number of carbonyl (C=O) groups is 1. The number of unbranched alkanes of at least 4 members (excludes halogenated alkanes) is 1. The third-order valence-electron chi connectivity index (χ3n) is 3.59. The standard InChI is InChI=1S/C14H25NO2/c1-4-5-6-7-13(16)17-14(2,3)12-8-10-15-11-9-12/h4,12,15H,1,5-11H2,2-3H3/p+1. The number of allylic oxidation sites excluding steroid dienone is 1. The number of hydrogen-bond acceptors (Lipinski definition) is 2. The van der Waals surface area contributed by atoms with Gasteiger partial charge in [0.25, 0.3) is 0 Å². The van der Waals surface area contributed by atoms with Gasteiger partial charge in [-0.1, -0.05) is 6.08 Å². The predicted octanol–water partition coefficient (Wildman–Crippen LogP) is 1.64. The summed E-state index contributed by atoms with van der Waals surface area (Å²) in [5.74, 6) is 0.447. The van der Waals surface area contributed by atoms with E-state index in [0.717, 1.165) is 38.8 Å². The molecule has 1 fully saturated rings. The number of ether oxygens (including phenoxy) is 1. The van der Waals surface area contributed by atoms with E-state index < -0.39 is 0 Å². The van der Waals surface area contributed by atoms with E-state index in [1.54, 1.807) is 0 Å². The Labute approximate surface area is 105 Å². The highest BCUT2D eigenvalue weighted by molar-refractivity contribution is 5.69. The third-order valence-corrected chi connectivity index (χ3v) is 3.59. The van der Waals surface area contributed by atoms with Crippen LogP contribution in [0.5, 0.6) is 0 Å². The topological polar surface area (TPSA) is 42.9 Å². The van der Waals surface area contributed by atoms with E-state index in [9.17, 15) is 4.79 Å². The van der Waals surface area contributed by atoms with E-state index in [2.05, 4.69) is 11.9 Å². The van der Waals surface area contributed by atoms with E-state index in [1.165, 1.54) is 0 Å². The Balaban J connectivity index is 2.35. The van der Waals surface area contributed by atoms with Crippen LogP contribution in [0.1, 0.15) is 46.0 Å². The summed E-state index contributed by atoms with van der Waals surface area (Å²) in [7, 11) is 0. The zero-order valence-corrected chi connectivity index (χ0v) is 11.2. The number of nitrogens with two attached hydrogens (primary N) is 1. The highest BCUT2D eigenvalue weighted by Crippen LogP contribution is 2.28. The monoisotopic (exact) mass is 240 g/mol. The molecule has 1 saturated heterocycles. The molecule has 17 heavy (non-hydrogen) atoms. The van der Waals surface area contributed by atoms with Gasteiger partial charge in [-0.15, -0.1) is 6.58 Å². The van der Waals surface area contributed by atoms with E-state index >= 15 is 0 Å². The molecule has 0 aromatic rings. The lowest BCUT2D eigenvalue weighted by atomic mass is 9.83. The van der Waals surface area contributed by atoms with Crippen LogP contribution in [0.25, 0.3) is 0 Å². The molecule has 1 heterocycles. The van der Waals surface area contributed by atoms with Crippen molar-refractivity contribution in [2.45, 2.75) is 51.6 Å². The Bertz CT molecular complexity index is 255. The van der Waals surface area contributed by atoms with Gasteiger partial charge in [-0.05, 0) is 26.7 Å². The number of esters is 1. The van der Waals surface area contributed by atoms with Gasteiger partial charge in [0.2, 0.25) is 0 Å². The van der Waals surface area contributed by atoms with Gasteiger partial charge >= 0.3 is 5.97 Å². The van der Waals surface area contributed by atoms with E-state index in [-0.39, 0.29) is 11.6 Å². The second-order valence-corrected chi connectivity index (χ2v) is 5.40. The van der Waals surface area contributed by atoms with Crippen molar-refractivity contribution in [3.05, 3.63) is 12.7 Å². The van der Waals surface area contributed by atoms with Crippen LogP contribution in [0.2, 0.25) is 0 Å². The lowest BCUT2D eigenvalue weighted by Gasteiger charge is -2.35. The lowest BCUT2D eigenvalue weighted by Crippen LogP contribution is -2.86. The predicted molar refractivity (Wildman–Crippen MR) is 68.6 cm³/mol. The number of piperidine rings is 1. The largest absolute Gasteiger partial charge is 0.459 e. The molecule has 1 aliphatic rings. The van der Waals surface area contributed by atoms with Crippen molar-refractivity contribution in [2.75, 3.05) is 13.1 Å². The van der Waals surface area contributed by atoms with Gasteiger partial charge in [0.15, 0.2) is 0 Å². The molecule has 0 amide bonds. The number of carbonyl (C=O) groups excluding carboxylic acids is 1. The van der Waals surface area contributed by atoms with Crippen LogP contribution in [0.3, 0.4) is 0 Å². The van der Waals surface area contributed by atoms with Crippen molar-refractivity contribution in [3.8, 4) is 0 Å². The number of hydrogen-bond donors (Lipinski definition) is 1. The second-order valence-electron chi connectivity index (χ2n) is 5.40. The molecule has 1 rings (SSSR count). The maximum atomic E-state index is 11.7. The fourth-order valence-corrected chi connectivity index (χ4v) is 2.44. The van der Waals surface area contributed by atoms with Gasteiger partial charge in [-0.2, -0.15) is 0 Å². The Hall–Kier alpha value is -0.830. The Morgan fingerprint density at radius 2 is 2.12 bits per heavy atom. The minimum absolute atomic E-state index is 0.0635. The Morgan fingerprint density at radius 3 is 2.71 bits per heavy atom.